The molecule has 0 radical (unpaired) electrons. The van der Waals surface area contributed by atoms with Crippen LogP contribution in [0.5, 0.6) is 0 Å². The topological polar surface area (TPSA) is 46.2 Å². The van der Waals surface area contributed by atoms with Crippen LogP contribution in [0.2, 0.25) is 10.0 Å². The summed E-state index contributed by atoms with van der Waals surface area (Å²) in [7, 11) is -3.63. The van der Waals surface area contributed by atoms with Crippen LogP contribution >= 0.6 is 23.2 Å². The van der Waals surface area contributed by atoms with E-state index in [2.05, 4.69) is 4.72 Å². The second-order valence-corrected chi connectivity index (χ2v) is 7.69. The first-order valence-corrected chi connectivity index (χ1v) is 8.51. The van der Waals surface area contributed by atoms with E-state index < -0.39 is 15.6 Å². The van der Waals surface area contributed by atoms with Gasteiger partial charge in [-0.3, -0.25) is 0 Å². The minimum absolute atomic E-state index is 0.211. The van der Waals surface area contributed by atoms with Gasteiger partial charge in [-0.25, -0.2) is 13.1 Å². The molecule has 0 fully saturated rings. The average molecular weight is 344 g/mol. The van der Waals surface area contributed by atoms with Crippen molar-refractivity contribution in [3.05, 3.63) is 64.1 Å². The summed E-state index contributed by atoms with van der Waals surface area (Å²) in [5, 5.41) is 0.925. The van der Waals surface area contributed by atoms with E-state index in [4.69, 9.17) is 23.2 Å². The van der Waals surface area contributed by atoms with Crippen molar-refractivity contribution in [2.45, 2.75) is 24.3 Å². The Labute approximate surface area is 135 Å². The molecule has 0 aliphatic carbocycles. The third-order valence-corrected chi connectivity index (χ3v) is 5.27. The minimum atomic E-state index is -3.63. The van der Waals surface area contributed by atoms with Crippen molar-refractivity contribution in [1.82, 2.24) is 4.72 Å². The van der Waals surface area contributed by atoms with Crippen LogP contribution in [0.15, 0.2) is 53.4 Å². The van der Waals surface area contributed by atoms with E-state index in [1.807, 2.05) is 0 Å². The van der Waals surface area contributed by atoms with Gasteiger partial charge in [0.1, 0.15) is 0 Å². The number of benzene rings is 2. The fraction of sp³-hybridized carbons (Fsp3) is 0.200. The molecule has 0 saturated heterocycles. The number of hydrogen-bond donors (Lipinski definition) is 1. The van der Waals surface area contributed by atoms with Crippen molar-refractivity contribution in [1.29, 1.82) is 0 Å². The van der Waals surface area contributed by atoms with Crippen LogP contribution in [0.1, 0.15) is 19.4 Å². The van der Waals surface area contributed by atoms with Crippen LogP contribution < -0.4 is 4.72 Å². The van der Waals surface area contributed by atoms with Gasteiger partial charge in [0.2, 0.25) is 10.0 Å². The maximum Gasteiger partial charge on any atom is 0.241 e. The van der Waals surface area contributed by atoms with E-state index in [-0.39, 0.29) is 4.90 Å². The van der Waals surface area contributed by atoms with Crippen molar-refractivity contribution in [2.24, 2.45) is 0 Å². The fourth-order valence-corrected chi connectivity index (χ4v) is 4.11. The largest absolute Gasteiger partial charge is 0.241 e. The maximum atomic E-state index is 12.4. The summed E-state index contributed by atoms with van der Waals surface area (Å²) in [5.41, 5.74) is -0.204. The van der Waals surface area contributed by atoms with Crippen LogP contribution in [0.3, 0.4) is 0 Å². The Morgan fingerprint density at radius 1 is 1.00 bits per heavy atom. The average Bonchev–Trinajstić information content (AvgIpc) is 2.38. The quantitative estimate of drug-likeness (QED) is 0.903. The van der Waals surface area contributed by atoms with E-state index in [1.165, 1.54) is 0 Å². The first kappa shape index (κ1) is 16.3. The molecule has 2 aromatic rings. The first-order chi connectivity index (χ1) is 9.72. The Hall–Kier alpha value is -1.07. The fourth-order valence-electron chi connectivity index (χ4n) is 2.05. The molecule has 1 N–H and O–H groups in total. The molecule has 0 amide bonds. The standard InChI is InChI=1S/C15H15Cl2NO2S/c1-15(2,13-9-8-11(16)10-14(13)17)18-21(19,20)12-6-4-3-5-7-12/h3-10,18H,1-2H3. The summed E-state index contributed by atoms with van der Waals surface area (Å²) in [5.74, 6) is 0. The zero-order chi connectivity index (χ0) is 15.7. The minimum Gasteiger partial charge on any atom is -0.207 e. The monoisotopic (exact) mass is 343 g/mol. The summed E-state index contributed by atoms with van der Waals surface area (Å²) in [6, 6.07) is 13.2. The van der Waals surface area contributed by atoms with Crippen LogP contribution in [0.25, 0.3) is 0 Å². The van der Waals surface area contributed by atoms with Gasteiger partial charge in [0.05, 0.1) is 10.4 Å². The highest BCUT2D eigenvalue weighted by Gasteiger charge is 2.29. The molecule has 0 aliphatic rings. The third-order valence-electron chi connectivity index (χ3n) is 3.05. The van der Waals surface area contributed by atoms with Gasteiger partial charge in [0.25, 0.3) is 0 Å². The summed E-state index contributed by atoms with van der Waals surface area (Å²) in [6.07, 6.45) is 0. The molecule has 112 valence electrons. The van der Waals surface area contributed by atoms with Gasteiger partial charge in [0, 0.05) is 10.0 Å². The highest BCUT2D eigenvalue weighted by atomic mass is 35.5. The summed E-state index contributed by atoms with van der Waals surface area (Å²) < 4.78 is 27.5. The van der Waals surface area contributed by atoms with Crippen LogP contribution in [-0.4, -0.2) is 8.42 Å². The van der Waals surface area contributed by atoms with Crippen LogP contribution in [0.4, 0.5) is 0 Å². The van der Waals surface area contributed by atoms with Crippen molar-refractivity contribution in [3.63, 3.8) is 0 Å². The van der Waals surface area contributed by atoms with E-state index in [0.29, 0.717) is 15.6 Å². The summed E-state index contributed by atoms with van der Waals surface area (Å²) >= 11 is 12.0. The lowest BCUT2D eigenvalue weighted by atomic mass is 9.96. The molecule has 0 atom stereocenters. The number of rotatable bonds is 4. The molecule has 6 heteroatoms. The number of hydrogen-bond acceptors (Lipinski definition) is 2. The molecular formula is C15H15Cl2NO2S. The Morgan fingerprint density at radius 2 is 1.62 bits per heavy atom. The van der Waals surface area contributed by atoms with Crippen molar-refractivity contribution in [2.75, 3.05) is 0 Å². The molecule has 2 aromatic carbocycles. The van der Waals surface area contributed by atoms with Gasteiger partial charge in [-0.15, -0.1) is 0 Å². The number of sulfonamides is 1. The lowest BCUT2D eigenvalue weighted by Gasteiger charge is -2.27. The summed E-state index contributed by atoms with van der Waals surface area (Å²) in [6.45, 7) is 3.51. The SMILES string of the molecule is CC(C)(NS(=O)(=O)c1ccccc1)c1ccc(Cl)cc1Cl. The third kappa shape index (κ3) is 3.77. The number of halogens is 2. The van der Waals surface area contributed by atoms with Gasteiger partial charge < -0.3 is 0 Å². The Morgan fingerprint density at radius 3 is 2.19 bits per heavy atom. The smallest absolute Gasteiger partial charge is 0.207 e. The molecule has 0 heterocycles. The molecule has 0 spiro atoms. The Balaban J connectivity index is 2.37. The van der Waals surface area contributed by atoms with Gasteiger partial charge in [-0.1, -0.05) is 47.5 Å². The Kier molecular flexibility index (Phi) is 4.63. The van der Waals surface area contributed by atoms with E-state index >= 15 is 0 Å². The van der Waals surface area contributed by atoms with Gasteiger partial charge in [0.15, 0.2) is 0 Å². The zero-order valence-corrected chi connectivity index (χ0v) is 13.9. The van der Waals surface area contributed by atoms with Crippen molar-refractivity contribution < 1.29 is 8.42 Å². The summed E-state index contributed by atoms with van der Waals surface area (Å²) in [4.78, 5) is 0.211. The normalized spacial score (nSPS) is 12.4. The van der Waals surface area contributed by atoms with E-state index in [9.17, 15) is 8.42 Å². The second-order valence-electron chi connectivity index (χ2n) is 5.17. The molecule has 21 heavy (non-hydrogen) atoms. The van der Waals surface area contributed by atoms with Gasteiger partial charge >= 0.3 is 0 Å². The van der Waals surface area contributed by atoms with Crippen molar-refractivity contribution in [3.8, 4) is 0 Å². The predicted octanol–water partition coefficient (Wildman–Crippen LogP) is 4.21. The molecule has 0 bridgehead atoms. The molecule has 3 nitrogen and oxygen atoms in total. The van der Waals surface area contributed by atoms with Gasteiger partial charge in [-0.05, 0) is 43.7 Å². The van der Waals surface area contributed by atoms with E-state index in [1.54, 1.807) is 62.4 Å². The Bertz CT molecular complexity index is 744. The lowest BCUT2D eigenvalue weighted by Crippen LogP contribution is -2.41. The highest BCUT2D eigenvalue weighted by Crippen LogP contribution is 2.31. The lowest BCUT2D eigenvalue weighted by molar-refractivity contribution is 0.472. The first-order valence-electron chi connectivity index (χ1n) is 6.27. The molecular weight excluding hydrogens is 329 g/mol. The molecule has 0 aromatic heterocycles. The van der Waals surface area contributed by atoms with Gasteiger partial charge in [-0.2, -0.15) is 0 Å². The van der Waals surface area contributed by atoms with Crippen LogP contribution in [0, 0.1) is 0 Å². The predicted molar refractivity (Wildman–Crippen MR) is 86.3 cm³/mol. The van der Waals surface area contributed by atoms with Crippen molar-refractivity contribution >= 4 is 33.2 Å². The molecule has 0 unspecified atom stereocenters. The maximum absolute atomic E-state index is 12.4. The molecule has 0 saturated carbocycles. The van der Waals surface area contributed by atoms with E-state index in [0.717, 1.165) is 0 Å². The second kappa shape index (κ2) is 5.97. The molecule has 2 rings (SSSR count). The number of nitrogens with one attached hydrogen (secondary N) is 1. The van der Waals surface area contributed by atoms with Crippen LogP contribution in [-0.2, 0) is 15.6 Å². The zero-order valence-electron chi connectivity index (χ0n) is 11.6. The molecule has 0 aliphatic heterocycles. The highest BCUT2D eigenvalue weighted by molar-refractivity contribution is 7.89.